The van der Waals surface area contributed by atoms with E-state index < -0.39 is 11.6 Å². The summed E-state index contributed by atoms with van der Waals surface area (Å²) in [5.41, 5.74) is 0.0714. The van der Waals surface area contributed by atoms with Gasteiger partial charge in [-0.2, -0.15) is 0 Å². The van der Waals surface area contributed by atoms with Crippen LogP contribution in [-0.2, 0) is 0 Å². The number of anilines is 1. The van der Waals surface area contributed by atoms with Gasteiger partial charge in [0, 0.05) is 11.4 Å². The highest BCUT2D eigenvalue weighted by Gasteiger charge is 2.15. The summed E-state index contributed by atoms with van der Waals surface area (Å²) in [4.78, 5) is 10.6. The first-order valence-electron chi connectivity index (χ1n) is 6.56. The third kappa shape index (κ3) is 2.58. The van der Waals surface area contributed by atoms with Gasteiger partial charge in [0.05, 0.1) is 10.9 Å². The summed E-state index contributed by atoms with van der Waals surface area (Å²) in [6.45, 7) is 4.62. The molecule has 0 atom stereocenters. The first kappa shape index (κ1) is 13.9. The van der Waals surface area contributed by atoms with Gasteiger partial charge in [0.1, 0.15) is 22.3 Å². The van der Waals surface area contributed by atoms with Crippen molar-refractivity contribution in [3.05, 3.63) is 40.8 Å². The lowest BCUT2D eigenvalue weighted by Crippen LogP contribution is -2.02. The summed E-state index contributed by atoms with van der Waals surface area (Å²) in [6.07, 6.45) is 0. The third-order valence-electron chi connectivity index (χ3n) is 3.03. The zero-order valence-corrected chi connectivity index (χ0v) is 12.4. The number of nitrogens with one attached hydrogen (secondary N) is 1. The van der Waals surface area contributed by atoms with E-state index in [-0.39, 0.29) is 11.4 Å². The van der Waals surface area contributed by atoms with Gasteiger partial charge in [0.15, 0.2) is 5.82 Å². The number of hydrogen-bond acceptors (Lipinski definition) is 4. The maximum absolute atomic E-state index is 13.9. The molecule has 0 aliphatic heterocycles. The first-order valence-corrected chi connectivity index (χ1v) is 7.37. The molecule has 21 heavy (non-hydrogen) atoms. The highest BCUT2D eigenvalue weighted by atomic mass is 32.1. The molecule has 2 aromatic heterocycles. The molecule has 0 fully saturated rings. The maximum Gasteiger partial charge on any atom is 0.166 e. The monoisotopic (exact) mass is 305 g/mol. The van der Waals surface area contributed by atoms with Gasteiger partial charge in [-0.15, -0.1) is 11.3 Å². The Morgan fingerprint density at radius 2 is 2.00 bits per heavy atom. The largest absolute Gasteiger partial charge is 0.370 e. The van der Waals surface area contributed by atoms with E-state index in [0.29, 0.717) is 12.4 Å². The quantitative estimate of drug-likeness (QED) is 0.780. The zero-order valence-electron chi connectivity index (χ0n) is 11.6. The summed E-state index contributed by atoms with van der Waals surface area (Å²) in [7, 11) is 0. The number of nitrogens with zero attached hydrogens (tertiary/aromatic N) is 2. The van der Waals surface area contributed by atoms with E-state index in [4.69, 9.17) is 0 Å². The van der Waals surface area contributed by atoms with E-state index >= 15 is 0 Å². The molecule has 0 spiro atoms. The molecule has 0 bridgehead atoms. The molecule has 3 aromatic rings. The van der Waals surface area contributed by atoms with Gasteiger partial charge in [0.25, 0.3) is 0 Å². The molecule has 6 heteroatoms. The van der Waals surface area contributed by atoms with Crippen LogP contribution in [0.25, 0.3) is 21.6 Å². The normalized spacial score (nSPS) is 11.0. The van der Waals surface area contributed by atoms with Crippen LogP contribution in [0.5, 0.6) is 0 Å². The number of hydrogen-bond donors (Lipinski definition) is 1. The fourth-order valence-electron chi connectivity index (χ4n) is 2.13. The van der Waals surface area contributed by atoms with Gasteiger partial charge in [-0.1, -0.05) is 0 Å². The highest BCUT2D eigenvalue weighted by Crippen LogP contribution is 2.31. The van der Waals surface area contributed by atoms with Crippen LogP contribution in [0, 0.1) is 18.6 Å². The molecule has 108 valence electrons. The van der Waals surface area contributed by atoms with Crippen molar-refractivity contribution in [2.75, 3.05) is 11.9 Å². The maximum atomic E-state index is 13.9. The number of halogens is 2. The fourth-order valence-corrected chi connectivity index (χ4v) is 3.01. The Kier molecular flexibility index (Phi) is 3.55. The molecule has 0 unspecified atom stereocenters. The van der Waals surface area contributed by atoms with Gasteiger partial charge in [0.2, 0.25) is 0 Å². The minimum absolute atomic E-state index is 0.0714. The predicted octanol–water partition coefficient (Wildman–Crippen LogP) is 4.38. The summed E-state index contributed by atoms with van der Waals surface area (Å²) in [6, 6.07) is 5.28. The molecule has 0 aliphatic rings. The van der Waals surface area contributed by atoms with Crippen molar-refractivity contribution in [2.45, 2.75) is 13.8 Å². The van der Waals surface area contributed by atoms with E-state index in [1.165, 1.54) is 11.3 Å². The predicted molar refractivity (Wildman–Crippen MR) is 81.7 cm³/mol. The van der Waals surface area contributed by atoms with Crippen molar-refractivity contribution < 1.29 is 8.78 Å². The van der Waals surface area contributed by atoms with Gasteiger partial charge in [-0.05, 0) is 38.1 Å². The van der Waals surface area contributed by atoms with Crippen LogP contribution in [0.15, 0.2) is 24.3 Å². The molecule has 0 saturated heterocycles. The van der Waals surface area contributed by atoms with Crippen LogP contribution in [0.3, 0.4) is 0 Å². The van der Waals surface area contributed by atoms with Crippen LogP contribution in [-0.4, -0.2) is 16.5 Å². The summed E-state index contributed by atoms with van der Waals surface area (Å²) >= 11 is 1.50. The van der Waals surface area contributed by atoms with Crippen molar-refractivity contribution in [1.29, 1.82) is 0 Å². The second-order valence-electron chi connectivity index (χ2n) is 4.63. The number of fused-ring (bicyclic) bond motifs is 1. The van der Waals surface area contributed by atoms with Crippen LogP contribution in [0.1, 0.15) is 11.8 Å². The fraction of sp³-hybridized carbons (Fsp3) is 0.200. The molecule has 0 radical (unpaired) electrons. The van der Waals surface area contributed by atoms with Gasteiger partial charge in [-0.3, -0.25) is 0 Å². The van der Waals surface area contributed by atoms with Crippen molar-refractivity contribution in [3.63, 3.8) is 0 Å². The zero-order chi connectivity index (χ0) is 15.0. The first-order chi connectivity index (χ1) is 10.1. The Bertz CT molecular complexity index is 814. The van der Waals surface area contributed by atoms with E-state index in [1.807, 2.05) is 19.9 Å². The highest BCUT2D eigenvalue weighted by molar-refractivity contribution is 7.18. The van der Waals surface area contributed by atoms with E-state index in [1.54, 1.807) is 0 Å². The molecular weight excluding hydrogens is 292 g/mol. The van der Waals surface area contributed by atoms with Gasteiger partial charge >= 0.3 is 0 Å². The molecule has 0 aliphatic carbocycles. The standard InChI is InChI=1S/C15H13F2N3S/c1-3-18-13-11-6-8(2)21-15(11)20-14(19-13)10-7-9(16)4-5-12(10)17/h4-7H,3H2,1-2H3,(H,18,19,20). The third-order valence-corrected chi connectivity index (χ3v) is 3.97. The lowest BCUT2D eigenvalue weighted by atomic mass is 10.2. The molecule has 0 saturated carbocycles. The van der Waals surface area contributed by atoms with Crippen molar-refractivity contribution in [2.24, 2.45) is 0 Å². The summed E-state index contributed by atoms with van der Waals surface area (Å²) in [5, 5.41) is 4.05. The second-order valence-corrected chi connectivity index (χ2v) is 5.86. The van der Waals surface area contributed by atoms with Gasteiger partial charge < -0.3 is 5.32 Å². The van der Waals surface area contributed by atoms with Gasteiger partial charge in [-0.25, -0.2) is 18.7 Å². The molecule has 2 heterocycles. The van der Waals surface area contributed by atoms with Crippen LogP contribution in [0.4, 0.5) is 14.6 Å². The Hall–Kier alpha value is -2.08. The smallest absolute Gasteiger partial charge is 0.166 e. The Morgan fingerprint density at radius 3 is 2.76 bits per heavy atom. The lowest BCUT2D eigenvalue weighted by Gasteiger charge is -2.07. The number of aryl methyl sites for hydroxylation is 1. The summed E-state index contributed by atoms with van der Waals surface area (Å²) < 4.78 is 27.3. The van der Waals surface area contributed by atoms with Crippen LogP contribution in [0.2, 0.25) is 0 Å². The molecular formula is C15H13F2N3S. The van der Waals surface area contributed by atoms with Crippen LogP contribution < -0.4 is 5.32 Å². The average molecular weight is 305 g/mol. The SMILES string of the molecule is CCNc1nc(-c2cc(F)ccc2F)nc2sc(C)cc12. The van der Waals surface area contributed by atoms with E-state index in [2.05, 4.69) is 15.3 Å². The number of aromatic nitrogens is 2. The Morgan fingerprint density at radius 1 is 1.19 bits per heavy atom. The van der Waals surface area contributed by atoms with Crippen molar-refractivity contribution >= 4 is 27.4 Å². The number of rotatable bonds is 3. The minimum atomic E-state index is -0.536. The van der Waals surface area contributed by atoms with Crippen LogP contribution >= 0.6 is 11.3 Å². The molecule has 0 amide bonds. The summed E-state index contributed by atoms with van der Waals surface area (Å²) in [5.74, 6) is -0.211. The lowest BCUT2D eigenvalue weighted by molar-refractivity contribution is 0.602. The molecule has 1 aromatic carbocycles. The van der Waals surface area contributed by atoms with Crippen molar-refractivity contribution in [3.8, 4) is 11.4 Å². The number of thiophene rings is 1. The average Bonchev–Trinajstić information content (AvgIpc) is 2.82. The Labute approximate surface area is 124 Å². The van der Waals surface area contributed by atoms with E-state index in [0.717, 1.165) is 33.3 Å². The molecule has 1 N–H and O–H groups in total. The molecule has 3 nitrogen and oxygen atoms in total. The second kappa shape index (κ2) is 5.37. The van der Waals surface area contributed by atoms with Crippen molar-refractivity contribution in [1.82, 2.24) is 9.97 Å². The number of benzene rings is 1. The Balaban J connectivity index is 2.25. The minimum Gasteiger partial charge on any atom is -0.370 e. The topological polar surface area (TPSA) is 37.8 Å². The van der Waals surface area contributed by atoms with E-state index in [9.17, 15) is 8.78 Å². The molecule has 3 rings (SSSR count).